The molecule has 9 nitrogen and oxygen atoms in total. The van der Waals surface area contributed by atoms with Crippen LogP contribution in [0.3, 0.4) is 0 Å². The second-order valence-corrected chi connectivity index (χ2v) is 12.9. The van der Waals surface area contributed by atoms with Crippen molar-refractivity contribution < 1.29 is 29.3 Å². The molecule has 0 bridgehead atoms. The van der Waals surface area contributed by atoms with Gasteiger partial charge in [0.05, 0.1) is 22.8 Å². The second kappa shape index (κ2) is 12.2. The summed E-state index contributed by atoms with van der Waals surface area (Å²) in [5.74, 6) is -1.67. The minimum Gasteiger partial charge on any atom is -0.477 e. The van der Waals surface area contributed by atoms with Crippen molar-refractivity contribution in [3.63, 3.8) is 0 Å². The summed E-state index contributed by atoms with van der Waals surface area (Å²) in [6.07, 6.45) is 7.56. The molecular formula is C28H35N3O6S2. The molecule has 6 atom stereocenters. The van der Waals surface area contributed by atoms with Gasteiger partial charge in [0.25, 0.3) is 0 Å². The van der Waals surface area contributed by atoms with Crippen LogP contribution in [0.2, 0.25) is 0 Å². The Kier molecular flexibility index (Phi) is 9.13. The Morgan fingerprint density at radius 2 is 2.03 bits per heavy atom. The molecule has 0 saturated carbocycles. The number of pyridine rings is 1. The number of carbonyl (C=O) groups is 3. The quantitative estimate of drug-likeness (QED) is 0.285. The summed E-state index contributed by atoms with van der Waals surface area (Å²) in [6, 6.07) is 3.33. The number of hydrogen-bond donors (Lipinski definition) is 2. The molecular weight excluding hydrogens is 538 g/mol. The van der Waals surface area contributed by atoms with Crippen LogP contribution < -0.4 is 0 Å². The zero-order valence-corrected chi connectivity index (χ0v) is 23.8. The predicted octanol–water partition coefficient (Wildman–Crippen LogP) is 3.71. The Hall–Kier alpha value is -2.76. The second-order valence-electron chi connectivity index (χ2n) is 10.2. The largest absolute Gasteiger partial charge is 0.477 e. The highest BCUT2D eigenvalue weighted by Gasteiger charge is 2.66. The smallest absolute Gasteiger partial charge is 0.410 e. The first-order chi connectivity index (χ1) is 18.6. The molecule has 11 heteroatoms. The van der Waals surface area contributed by atoms with Crippen molar-refractivity contribution in [2.75, 3.05) is 18.9 Å². The van der Waals surface area contributed by atoms with E-state index >= 15 is 0 Å². The van der Waals surface area contributed by atoms with Crippen molar-refractivity contribution in [2.24, 2.45) is 5.92 Å². The maximum atomic E-state index is 13.0. The van der Waals surface area contributed by atoms with Crippen LogP contribution in [0.25, 0.3) is 0 Å². The molecule has 2 N–H and O–H groups in total. The number of amides is 2. The first kappa shape index (κ1) is 29.2. The summed E-state index contributed by atoms with van der Waals surface area (Å²) >= 11 is 2.96. The SMILES string of the molecule is C=CCOC(=O)N1C[C@@H](SC2=C(C(=O)O)N3C(=O)[C@H]([C@@H](C)O)[C@H]3[C@@]2(C)SCC=C)C[C@H]1CCc1ccncc1. The number of aliphatic hydroxyl groups excluding tert-OH is 1. The fourth-order valence-corrected chi connectivity index (χ4v) is 8.75. The van der Waals surface area contributed by atoms with Crippen LogP contribution in [0.1, 0.15) is 32.3 Å². The first-order valence-electron chi connectivity index (χ1n) is 13.0. The van der Waals surface area contributed by atoms with Gasteiger partial charge in [0, 0.05) is 40.9 Å². The number of β-lactam (4-membered cyclic amide) rings is 1. The first-order valence-corrected chi connectivity index (χ1v) is 14.8. The van der Waals surface area contributed by atoms with Gasteiger partial charge in [-0.15, -0.1) is 30.1 Å². The zero-order chi connectivity index (χ0) is 28.3. The summed E-state index contributed by atoms with van der Waals surface area (Å²) < 4.78 is 4.63. The van der Waals surface area contributed by atoms with Gasteiger partial charge >= 0.3 is 12.1 Å². The van der Waals surface area contributed by atoms with E-state index in [4.69, 9.17) is 4.74 Å². The number of nitrogens with zero attached hydrogens (tertiary/aromatic N) is 3. The third-order valence-corrected chi connectivity index (χ3v) is 10.7. The van der Waals surface area contributed by atoms with Crippen LogP contribution in [-0.4, -0.2) is 90.1 Å². The third kappa shape index (κ3) is 5.62. The van der Waals surface area contributed by atoms with Crippen molar-refractivity contribution in [1.82, 2.24) is 14.8 Å². The Bertz CT molecular complexity index is 1160. The number of carboxylic acids is 1. The van der Waals surface area contributed by atoms with E-state index in [0.717, 1.165) is 18.4 Å². The molecule has 210 valence electrons. The van der Waals surface area contributed by atoms with E-state index in [0.29, 0.717) is 23.6 Å². The lowest BCUT2D eigenvalue weighted by Crippen LogP contribution is -2.67. The molecule has 4 heterocycles. The van der Waals surface area contributed by atoms with Crippen LogP contribution in [-0.2, 0) is 20.7 Å². The highest BCUT2D eigenvalue weighted by atomic mass is 32.2. The number of aromatic nitrogens is 1. The summed E-state index contributed by atoms with van der Waals surface area (Å²) in [4.78, 5) is 46.2. The van der Waals surface area contributed by atoms with E-state index in [2.05, 4.69) is 18.1 Å². The van der Waals surface area contributed by atoms with Crippen molar-refractivity contribution in [1.29, 1.82) is 0 Å². The van der Waals surface area contributed by atoms with Gasteiger partial charge in [-0.25, -0.2) is 9.59 Å². The van der Waals surface area contributed by atoms with Gasteiger partial charge in [0.15, 0.2) is 0 Å². The number of hydrogen-bond acceptors (Lipinski definition) is 8. The molecule has 4 rings (SSSR count). The van der Waals surface area contributed by atoms with Crippen molar-refractivity contribution >= 4 is 41.5 Å². The normalized spacial score (nSPS) is 28.6. The number of thioether (sulfide) groups is 2. The van der Waals surface area contributed by atoms with Crippen molar-refractivity contribution in [3.8, 4) is 0 Å². The van der Waals surface area contributed by atoms with E-state index in [1.165, 1.54) is 34.5 Å². The molecule has 1 aromatic heterocycles. The molecule has 1 aromatic rings. The Morgan fingerprint density at radius 1 is 1.31 bits per heavy atom. The summed E-state index contributed by atoms with van der Waals surface area (Å²) in [7, 11) is 0. The molecule has 3 aliphatic heterocycles. The molecule has 2 fully saturated rings. The minimum absolute atomic E-state index is 0.0213. The fraction of sp³-hybridized carbons (Fsp3) is 0.500. The Labute approximate surface area is 237 Å². The third-order valence-electron chi connectivity index (χ3n) is 7.57. The van der Waals surface area contributed by atoms with Gasteiger partial charge in [0.1, 0.15) is 12.3 Å². The number of rotatable bonds is 12. The van der Waals surface area contributed by atoms with Crippen molar-refractivity contribution in [2.45, 2.75) is 61.3 Å². The van der Waals surface area contributed by atoms with Gasteiger partial charge in [-0.1, -0.05) is 18.7 Å². The highest BCUT2D eigenvalue weighted by Crippen LogP contribution is 2.59. The number of fused-ring (bicyclic) bond motifs is 1. The van der Waals surface area contributed by atoms with Crippen LogP contribution in [0, 0.1) is 5.92 Å². The maximum absolute atomic E-state index is 13.0. The minimum atomic E-state index is -1.17. The van der Waals surface area contributed by atoms with E-state index in [1.807, 2.05) is 19.1 Å². The number of carboxylic acid groups (broad SMARTS) is 1. The lowest BCUT2D eigenvalue weighted by molar-refractivity contribution is -0.162. The van der Waals surface area contributed by atoms with Gasteiger partial charge < -0.3 is 19.8 Å². The molecule has 0 aromatic carbocycles. The number of likely N-dealkylation sites (tertiary alicyclic amines) is 1. The van der Waals surface area contributed by atoms with Crippen LogP contribution >= 0.6 is 23.5 Å². The van der Waals surface area contributed by atoms with Crippen LogP contribution in [0.5, 0.6) is 0 Å². The van der Waals surface area contributed by atoms with Crippen molar-refractivity contribution in [3.05, 3.63) is 66.0 Å². The topological polar surface area (TPSA) is 120 Å². The zero-order valence-electron chi connectivity index (χ0n) is 22.2. The predicted molar refractivity (Wildman–Crippen MR) is 152 cm³/mol. The lowest BCUT2D eigenvalue weighted by atomic mass is 9.78. The van der Waals surface area contributed by atoms with Gasteiger partial charge in [0.2, 0.25) is 5.91 Å². The average Bonchev–Trinajstić information content (AvgIpc) is 3.41. The molecule has 3 aliphatic rings. The number of aliphatic hydroxyl groups is 1. The molecule has 2 saturated heterocycles. The number of ether oxygens (including phenoxy) is 1. The van der Waals surface area contributed by atoms with Crippen LogP contribution in [0.4, 0.5) is 4.79 Å². The number of aliphatic carboxylic acids is 1. The van der Waals surface area contributed by atoms with E-state index < -0.39 is 34.9 Å². The van der Waals surface area contributed by atoms with Crippen LogP contribution in [0.15, 0.2) is 60.4 Å². The number of aryl methyl sites for hydroxylation is 1. The molecule has 39 heavy (non-hydrogen) atoms. The molecule has 0 spiro atoms. The standard InChI is InChI=1S/C28H35N3O6S2/c1-5-13-37-27(36)30-16-20(15-19(30)8-7-18-9-11-29-12-10-18)39-24-22(26(34)35)31-23(21(17(3)32)25(31)33)28(24,4)38-14-6-2/h5-6,9-12,17,19-21,23,32H,1-2,7-8,13-16H2,3-4H3,(H,34,35)/t17-,19-,20+,21-,23+,28-/m1/s1. The molecule has 2 amide bonds. The van der Waals surface area contributed by atoms with E-state index in [1.54, 1.807) is 30.3 Å². The monoisotopic (exact) mass is 573 g/mol. The number of carbonyl (C=O) groups excluding carboxylic acids is 2. The van der Waals surface area contributed by atoms with Gasteiger partial charge in [-0.05, 0) is 50.8 Å². The Balaban J connectivity index is 1.61. The lowest BCUT2D eigenvalue weighted by Gasteiger charge is -2.50. The summed E-state index contributed by atoms with van der Waals surface area (Å²) in [6.45, 7) is 11.5. The molecule has 0 unspecified atom stereocenters. The summed E-state index contributed by atoms with van der Waals surface area (Å²) in [5.41, 5.74) is 1.10. The highest BCUT2D eigenvalue weighted by molar-refractivity contribution is 8.07. The Morgan fingerprint density at radius 3 is 2.64 bits per heavy atom. The molecule has 0 aliphatic carbocycles. The summed E-state index contributed by atoms with van der Waals surface area (Å²) in [5, 5.41) is 20.5. The van der Waals surface area contributed by atoms with Gasteiger partial charge in [-0.2, -0.15) is 0 Å². The van der Waals surface area contributed by atoms with Gasteiger partial charge in [-0.3, -0.25) is 14.7 Å². The average molecular weight is 574 g/mol. The van der Waals surface area contributed by atoms with E-state index in [9.17, 15) is 24.6 Å². The maximum Gasteiger partial charge on any atom is 0.410 e. The molecule has 0 radical (unpaired) electrons. The fourth-order valence-electron chi connectivity index (χ4n) is 5.77. The van der Waals surface area contributed by atoms with E-state index in [-0.39, 0.29) is 29.5 Å².